The molecular weight excluding hydrogens is 351 g/mol. The number of aromatic nitrogens is 3. The van der Waals surface area contributed by atoms with Crippen LogP contribution >= 0.6 is 11.3 Å². The number of fused-ring (bicyclic) bond motifs is 1. The number of aryl methyl sites for hydroxylation is 2. The minimum Gasteiger partial charge on any atom is -0.321 e. The van der Waals surface area contributed by atoms with Crippen molar-refractivity contribution in [1.29, 1.82) is 0 Å². The number of hydrogen-bond acceptors (Lipinski definition) is 4. The predicted octanol–water partition coefficient (Wildman–Crippen LogP) is 4.69. The zero-order valence-corrected chi connectivity index (χ0v) is 14.9. The molecule has 4 aromatic rings. The van der Waals surface area contributed by atoms with Crippen molar-refractivity contribution in [1.82, 2.24) is 15.2 Å². The van der Waals surface area contributed by atoms with E-state index >= 15 is 0 Å². The first-order chi connectivity index (χ1) is 12.5. The molecule has 130 valence electrons. The Labute approximate surface area is 152 Å². The average Bonchev–Trinajstić information content (AvgIpc) is 3.20. The van der Waals surface area contributed by atoms with Crippen LogP contribution in [-0.4, -0.2) is 21.1 Å². The molecule has 0 aliphatic heterocycles. The van der Waals surface area contributed by atoms with Crippen molar-refractivity contribution in [2.45, 2.75) is 13.8 Å². The Morgan fingerprint density at radius 3 is 2.62 bits per heavy atom. The minimum absolute atomic E-state index is 0.203. The molecule has 0 aliphatic rings. The number of rotatable bonds is 3. The molecule has 0 aliphatic carbocycles. The van der Waals surface area contributed by atoms with Gasteiger partial charge in [-0.3, -0.25) is 9.89 Å². The van der Waals surface area contributed by atoms with Crippen molar-refractivity contribution in [2.75, 3.05) is 5.32 Å². The summed E-state index contributed by atoms with van der Waals surface area (Å²) < 4.78 is 14.3. The quantitative estimate of drug-likeness (QED) is 0.552. The number of nitrogens with one attached hydrogen (secondary N) is 2. The van der Waals surface area contributed by atoms with Gasteiger partial charge in [0.2, 0.25) is 0 Å². The maximum atomic E-state index is 13.4. The third kappa shape index (κ3) is 2.97. The van der Waals surface area contributed by atoms with E-state index in [9.17, 15) is 9.18 Å². The van der Waals surface area contributed by atoms with Crippen molar-refractivity contribution in [2.24, 2.45) is 0 Å². The zero-order chi connectivity index (χ0) is 18.3. The van der Waals surface area contributed by atoms with Gasteiger partial charge in [0, 0.05) is 16.0 Å². The minimum atomic E-state index is -0.303. The normalized spacial score (nSPS) is 11.0. The van der Waals surface area contributed by atoms with E-state index in [1.807, 2.05) is 26.0 Å². The monoisotopic (exact) mass is 366 g/mol. The highest BCUT2D eigenvalue weighted by molar-refractivity contribution is 7.21. The van der Waals surface area contributed by atoms with Gasteiger partial charge in [0.25, 0.3) is 5.91 Å². The van der Waals surface area contributed by atoms with Crippen LogP contribution in [0.5, 0.6) is 0 Å². The molecule has 2 heterocycles. The zero-order valence-electron chi connectivity index (χ0n) is 14.1. The summed E-state index contributed by atoms with van der Waals surface area (Å²) in [5.41, 5.74) is 2.32. The standard InChI is InChI=1S/C19H15FN4OS/c1-10-15-9-13(20)5-8-16(15)26-17(10)19(25)22-14-6-3-12(4-7-14)18-21-11(2)23-24-18/h3-9H,1-2H3,(H,22,25)(H,21,23,24). The first-order valence-corrected chi connectivity index (χ1v) is 8.82. The second kappa shape index (κ2) is 6.34. The highest BCUT2D eigenvalue weighted by atomic mass is 32.1. The molecule has 4 rings (SSSR count). The van der Waals surface area contributed by atoms with E-state index in [0.717, 1.165) is 27.0 Å². The first kappa shape index (κ1) is 16.4. The third-order valence-corrected chi connectivity index (χ3v) is 5.37. The Balaban J connectivity index is 1.57. The van der Waals surface area contributed by atoms with Gasteiger partial charge in [-0.25, -0.2) is 9.37 Å². The molecule has 0 saturated carbocycles. The number of thiophene rings is 1. The molecule has 2 aromatic heterocycles. The van der Waals surface area contributed by atoms with Crippen LogP contribution in [0.25, 0.3) is 21.5 Å². The topological polar surface area (TPSA) is 70.7 Å². The second-order valence-corrected chi connectivity index (χ2v) is 7.02. The molecule has 2 N–H and O–H groups in total. The fourth-order valence-electron chi connectivity index (χ4n) is 2.77. The maximum Gasteiger partial charge on any atom is 0.266 e. The molecule has 7 heteroatoms. The van der Waals surface area contributed by atoms with E-state index in [1.54, 1.807) is 18.2 Å². The van der Waals surface area contributed by atoms with Gasteiger partial charge in [0.1, 0.15) is 11.6 Å². The van der Waals surface area contributed by atoms with Crippen molar-refractivity contribution in [3.8, 4) is 11.4 Å². The van der Waals surface area contributed by atoms with E-state index in [2.05, 4.69) is 20.5 Å². The van der Waals surface area contributed by atoms with E-state index in [1.165, 1.54) is 23.5 Å². The number of benzene rings is 2. The molecule has 0 radical (unpaired) electrons. The van der Waals surface area contributed by atoms with Crippen LogP contribution in [0, 0.1) is 19.7 Å². The number of nitrogens with zero attached hydrogens (tertiary/aromatic N) is 2. The number of carbonyl (C=O) groups excluding carboxylic acids is 1. The molecule has 5 nitrogen and oxygen atoms in total. The van der Waals surface area contributed by atoms with Gasteiger partial charge < -0.3 is 5.32 Å². The number of H-pyrrole nitrogens is 1. The molecule has 1 amide bonds. The molecule has 0 saturated heterocycles. The highest BCUT2D eigenvalue weighted by Crippen LogP contribution is 2.32. The summed E-state index contributed by atoms with van der Waals surface area (Å²) in [7, 11) is 0. The Morgan fingerprint density at radius 1 is 1.15 bits per heavy atom. The van der Waals surface area contributed by atoms with Gasteiger partial charge in [-0.05, 0) is 67.3 Å². The fraction of sp³-hybridized carbons (Fsp3) is 0.105. The van der Waals surface area contributed by atoms with E-state index < -0.39 is 0 Å². The fourth-order valence-corrected chi connectivity index (χ4v) is 3.86. The van der Waals surface area contributed by atoms with Gasteiger partial charge in [-0.2, -0.15) is 5.10 Å². The lowest BCUT2D eigenvalue weighted by molar-refractivity contribution is 0.103. The van der Waals surface area contributed by atoms with Gasteiger partial charge in [0.05, 0.1) is 4.88 Å². The second-order valence-electron chi connectivity index (χ2n) is 5.97. The van der Waals surface area contributed by atoms with Crippen LogP contribution in [0.1, 0.15) is 21.1 Å². The van der Waals surface area contributed by atoms with Crippen LogP contribution in [0.15, 0.2) is 42.5 Å². The summed E-state index contributed by atoms with van der Waals surface area (Å²) in [6, 6.07) is 11.9. The Hall–Kier alpha value is -3.06. The average molecular weight is 366 g/mol. The molecule has 0 fully saturated rings. The Kier molecular flexibility index (Phi) is 4.00. The van der Waals surface area contributed by atoms with E-state index in [0.29, 0.717) is 16.4 Å². The predicted molar refractivity (Wildman–Crippen MR) is 101 cm³/mol. The number of carbonyl (C=O) groups is 1. The van der Waals surface area contributed by atoms with E-state index in [4.69, 9.17) is 0 Å². The summed E-state index contributed by atoms with van der Waals surface area (Å²) in [4.78, 5) is 17.5. The van der Waals surface area contributed by atoms with Crippen LogP contribution in [-0.2, 0) is 0 Å². The Morgan fingerprint density at radius 2 is 1.92 bits per heavy atom. The van der Waals surface area contributed by atoms with Gasteiger partial charge in [-0.15, -0.1) is 11.3 Å². The summed E-state index contributed by atoms with van der Waals surface area (Å²) in [6.07, 6.45) is 0. The Bertz CT molecular complexity index is 1110. The number of halogens is 1. The molecule has 2 aromatic carbocycles. The van der Waals surface area contributed by atoms with Gasteiger partial charge >= 0.3 is 0 Å². The van der Waals surface area contributed by atoms with Crippen LogP contribution in [0.4, 0.5) is 10.1 Å². The number of anilines is 1. The molecule has 26 heavy (non-hydrogen) atoms. The summed E-state index contributed by atoms with van der Waals surface area (Å²) in [5, 5.41) is 10.6. The largest absolute Gasteiger partial charge is 0.321 e. The molecule has 0 unspecified atom stereocenters. The number of amides is 1. The van der Waals surface area contributed by atoms with Crippen molar-refractivity contribution < 1.29 is 9.18 Å². The lowest BCUT2D eigenvalue weighted by Crippen LogP contribution is -2.11. The van der Waals surface area contributed by atoms with Crippen LogP contribution in [0.2, 0.25) is 0 Å². The summed E-state index contributed by atoms with van der Waals surface area (Å²) in [5.74, 6) is 0.852. The molecule has 0 spiro atoms. The molecular formula is C19H15FN4OS. The van der Waals surface area contributed by atoms with Crippen molar-refractivity contribution in [3.05, 3.63) is 64.5 Å². The number of aromatic amines is 1. The SMILES string of the molecule is Cc1nc(-c2ccc(NC(=O)c3sc4ccc(F)cc4c3C)cc2)n[nH]1. The van der Waals surface area contributed by atoms with Crippen LogP contribution < -0.4 is 5.32 Å². The van der Waals surface area contributed by atoms with E-state index in [-0.39, 0.29) is 11.7 Å². The number of hydrogen-bond donors (Lipinski definition) is 2. The summed E-state index contributed by atoms with van der Waals surface area (Å²) in [6.45, 7) is 3.67. The first-order valence-electron chi connectivity index (χ1n) is 8.01. The molecule has 0 bridgehead atoms. The molecule has 0 atom stereocenters. The summed E-state index contributed by atoms with van der Waals surface area (Å²) >= 11 is 1.36. The highest BCUT2D eigenvalue weighted by Gasteiger charge is 2.16. The smallest absolute Gasteiger partial charge is 0.266 e. The third-order valence-electron chi connectivity index (χ3n) is 4.10. The maximum absolute atomic E-state index is 13.4. The van der Waals surface area contributed by atoms with Gasteiger partial charge in [-0.1, -0.05) is 0 Å². The lowest BCUT2D eigenvalue weighted by atomic mass is 10.1. The lowest BCUT2D eigenvalue weighted by Gasteiger charge is -2.05. The van der Waals surface area contributed by atoms with Crippen molar-refractivity contribution in [3.63, 3.8) is 0 Å². The van der Waals surface area contributed by atoms with Crippen molar-refractivity contribution >= 4 is 33.0 Å². The van der Waals surface area contributed by atoms with Crippen LogP contribution in [0.3, 0.4) is 0 Å². The van der Waals surface area contributed by atoms with Gasteiger partial charge in [0.15, 0.2) is 5.82 Å².